The van der Waals surface area contributed by atoms with Crippen molar-refractivity contribution in [2.24, 2.45) is 0 Å². The fourth-order valence-corrected chi connectivity index (χ4v) is 5.11. The van der Waals surface area contributed by atoms with Crippen molar-refractivity contribution >= 4 is 44.4 Å². The van der Waals surface area contributed by atoms with Crippen molar-refractivity contribution in [3.05, 3.63) is 65.0 Å². The number of thioether (sulfide) groups is 1. The summed E-state index contributed by atoms with van der Waals surface area (Å²) in [5, 5.41) is 7.08. The van der Waals surface area contributed by atoms with Gasteiger partial charge in [0.1, 0.15) is 11.5 Å². The van der Waals surface area contributed by atoms with E-state index in [9.17, 15) is 18.0 Å². The van der Waals surface area contributed by atoms with Crippen molar-refractivity contribution in [3.8, 4) is 5.75 Å². The highest BCUT2D eigenvalue weighted by Crippen LogP contribution is 2.32. The number of ether oxygens (including phenoxy) is 1. The minimum absolute atomic E-state index is 0.0856. The number of anilines is 1. The number of nitrogens with one attached hydrogen (secondary N) is 1. The Morgan fingerprint density at radius 2 is 2.00 bits per heavy atom. The van der Waals surface area contributed by atoms with E-state index in [0.717, 1.165) is 33.2 Å². The fourth-order valence-electron chi connectivity index (χ4n) is 3.02. The van der Waals surface area contributed by atoms with E-state index >= 15 is 0 Å². The van der Waals surface area contributed by atoms with Crippen LogP contribution in [-0.2, 0) is 5.75 Å². The molecule has 0 radical (unpaired) electrons. The van der Waals surface area contributed by atoms with Crippen molar-refractivity contribution in [2.45, 2.75) is 30.7 Å². The van der Waals surface area contributed by atoms with Crippen LogP contribution in [0.25, 0.3) is 10.2 Å². The van der Waals surface area contributed by atoms with Crippen LogP contribution < -0.4 is 10.1 Å². The molecular formula is C22H18F3N3O3S2. The summed E-state index contributed by atoms with van der Waals surface area (Å²) in [4.78, 5) is 18.1. The van der Waals surface area contributed by atoms with E-state index in [0.29, 0.717) is 26.7 Å². The summed E-state index contributed by atoms with van der Waals surface area (Å²) in [5.74, 6) is 1.11. The number of rotatable bonds is 7. The Morgan fingerprint density at radius 1 is 1.21 bits per heavy atom. The summed E-state index contributed by atoms with van der Waals surface area (Å²) in [5.41, 5.74) is 2.85. The average molecular weight is 494 g/mol. The van der Waals surface area contributed by atoms with Gasteiger partial charge >= 0.3 is 6.18 Å². The lowest BCUT2D eigenvalue weighted by Gasteiger charge is -2.08. The largest absolute Gasteiger partial charge is 0.484 e. The predicted octanol–water partition coefficient (Wildman–Crippen LogP) is 6.39. The second kappa shape index (κ2) is 9.44. The first kappa shape index (κ1) is 23.1. The molecule has 0 aliphatic heterocycles. The van der Waals surface area contributed by atoms with Crippen LogP contribution in [0.4, 0.5) is 18.3 Å². The number of aromatic nitrogens is 2. The molecule has 1 N–H and O–H groups in total. The van der Waals surface area contributed by atoms with E-state index in [-0.39, 0.29) is 11.7 Å². The number of hydrogen-bond acceptors (Lipinski definition) is 7. The summed E-state index contributed by atoms with van der Waals surface area (Å²) >= 11 is 2.66. The summed E-state index contributed by atoms with van der Waals surface area (Å²) in [6, 6.07) is 11.7. The Kier molecular flexibility index (Phi) is 6.61. The minimum Gasteiger partial charge on any atom is -0.484 e. The molecule has 4 rings (SSSR count). The van der Waals surface area contributed by atoms with Gasteiger partial charge in [0.15, 0.2) is 11.7 Å². The molecule has 0 unspecified atom stereocenters. The number of alkyl halides is 3. The van der Waals surface area contributed by atoms with E-state index in [1.165, 1.54) is 23.9 Å². The lowest BCUT2D eigenvalue weighted by Crippen LogP contribution is -2.19. The number of thiazole rings is 1. The van der Waals surface area contributed by atoms with Gasteiger partial charge in [0.2, 0.25) is 0 Å². The Labute approximate surface area is 195 Å². The van der Waals surface area contributed by atoms with Gasteiger partial charge in [0.25, 0.3) is 5.91 Å². The summed E-state index contributed by atoms with van der Waals surface area (Å²) in [6.07, 6.45) is -4.42. The average Bonchev–Trinajstić information content (AvgIpc) is 3.31. The fraction of sp³-hybridized carbons (Fsp3) is 0.227. The Hall–Kier alpha value is -3.05. The van der Waals surface area contributed by atoms with Gasteiger partial charge in [-0.05, 0) is 44.2 Å². The van der Waals surface area contributed by atoms with Gasteiger partial charge in [-0.2, -0.15) is 13.2 Å². The maximum atomic E-state index is 12.9. The first-order valence-electron chi connectivity index (χ1n) is 9.74. The zero-order valence-corrected chi connectivity index (χ0v) is 19.2. The van der Waals surface area contributed by atoms with E-state index in [2.05, 4.69) is 15.5 Å². The third kappa shape index (κ3) is 5.66. The van der Waals surface area contributed by atoms with E-state index < -0.39 is 12.8 Å². The molecule has 0 saturated heterocycles. The predicted molar refractivity (Wildman–Crippen MR) is 121 cm³/mol. The first-order valence-corrected chi connectivity index (χ1v) is 11.5. The highest BCUT2D eigenvalue weighted by atomic mass is 32.2. The summed E-state index contributed by atoms with van der Waals surface area (Å²) in [7, 11) is 0. The number of fused-ring (bicyclic) bond motifs is 1. The smallest absolute Gasteiger partial charge is 0.422 e. The van der Waals surface area contributed by atoms with Crippen LogP contribution >= 0.6 is 23.1 Å². The molecule has 33 heavy (non-hydrogen) atoms. The number of carbonyl (C=O) groups excluding carboxylic acids is 1. The van der Waals surface area contributed by atoms with Gasteiger partial charge < -0.3 is 9.26 Å². The van der Waals surface area contributed by atoms with Gasteiger partial charge in [-0.15, -0.1) is 11.8 Å². The van der Waals surface area contributed by atoms with Crippen LogP contribution in [0.15, 0.2) is 51.9 Å². The maximum Gasteiger partial charge on any atom is 0.422 e. The summed E-state index contributed by atoms with van der Waals surface area (Å²) < 4.78 is 47.7. The number of hydrogen-bond donors (Lipinski definition) is 1. The normalized spacial score (nSPS) is 11.7. The molecule has 2 aromatic heterocycles. The number of halogens is 3. The number of aryl methyl sites for hydroxylation is 2. The van der Waals surface area contributed by atoms with Crippen LogP contribution in [0.2, 0.25) is 0 Å². The second-order valence-electron chi connectivity index (χ2n) is 7.09. The topological polar surface area (TPSA) is 77.3 Å². The van der Waals surface area contributed by atoms with E-state index in [1.54, 1.807) is 18.2 Å². The molecule has 0 spiro atoms. The zero-order valence-electron chi connectivity index (χ0n) is 17.5. The number of amides is 1. The van der Waals surface area contributed by atoms with Gasteiger partial charge in [-0.25, -0.2) is 4.98 Å². The van der Waals surface area contributed by atoms with Crippen LogP contribution in [0.3, 0.4) is 0 Å². The molecule has 2 aromatic carbocycles. The second-order valence-corrected chi connectivity index (χ2v) is 9.14. The van der Waals surface area contributed by atoms with Crippen molar-refractivity contribution in [3.63, 3.8) is 0 Å². The minimum atomic E-state index is -4.42. The molecule has 6 nitrogen and oxygen atoms in total. The van der Waals surface area contributed by atoms with Gasteiger partial charge in [-0.1, -0.05) is 28.6 Å². The van der Waals surface area contributed by atoms with Crippen molar-refractivity contribution in [1.82, 2.24) is 10.1 Å². The molecule has 11 heteroatoms. The lowest BCUT2D eigenvalue weighted by atomic mass is 10.2. The maximum absolute atomic E-state index is 12.9. The summed E-state index contributed by atoms with van der Waals surface area (Å²) in [6.45, 7) is 2.35. The van der Waals surface area contributed by atoms with Crippen LogP contribution in [0.5, 0.6) is 5.75 Å². The van der Waals surface area contributed by atoms with Gasteiger partial charge in [0, 0.05) is 16.2 Å². The monoisotopic (exact) mass is 493 g/mol. The van der Waals surface area contributed by atoms with E-state index in [4.69, 9.17) is 9.26 Å². The molecule has 1 amide bonds. The highest BCUT2D eigenvalue weighted by molar-refractivity contribution is 7.98. The molecule has 2 heterocycles. The molecule has 0 aliphatic rings. The van der Waals surface area contributed by atoms with Crippen molar-refractivity contribution < 1.29 is 27.2 Å². The van der Waals surface area contributed by atoms with E-state index in [1.807, 2.05) is 26.0 Å². The van der Waals surface area contributed by atoms with Crippen molar-refractivity contribution in [2.75, 3.05) is 11.9 Å². The van der Waals surface area contributed by atoms with Crippen LogP contribution in [-0.4, -0.2) is 28.8 Å². The van der Waals surface area contributed by atoms with Crippen LogP contribution in [0, 0.1) is 13.8 Å². The SMILES string of the molecule is Cc1noc(C)c1CSc1ccccc1C(=O)Nc1nc2ccc(OCC(F)(F)F)cc2s1. The first-order chi connectivity index (χ1) is 15.7. The molecule has 0 atom stereocenters. The third-order valence-corrected chi connectivity index (χ3v) is 6.70. The quantitative estimate of drug-likeness (QED) is 0.301. The molecular weight excluding hydrogens is 475 g/mol. The molecule has 4 aromatic rings. The third-order valence-electron chi connectivity index (χ3n) is 4.67. The number of nitrogens with zero attached hydrogens (tertiary/aromatic N) is 2. The standard InChI is InChI=1S/C22H18F3N3O3S2/c1-12-16(13(2)31-28-12)10-32-18-6-4-3-5-15(18)20(29)27-21-26-17-8-7-14(9-19(17)33-21)30-11-22(23,24)25/h3-9H,10-11H2,1-2H3,(H,26,27,29). The van der Waals surface area contributed by atoms with Crippen molar-refractivity contribution in [1.29, 1.82) is 0 Å². The lowest BCUT2D eigenvalue weighted by molar-refractivity contribution is -0.153. The van der Waals surface area contributed by atoms with Gasteiger partial charge in [-0.3, -0.25) is 10.1 Å². The molecule has 0 aliphatic carbocycles. The number of benzene rings is 2. The van der Waals surface area contributed by atoms with Crippen LogP contribution in [0.1, 0.15) is 27.4 Å². The Morgan fingerprint density at radius 3 is 2.73 bits per heavy atom. The number of carbonyl (C=O) groups is 1. The molecule has 172 valence electrons. The Bertz CT molecular complexity index is 1280. The molecule has 0 fully saturated rings. The van der Waals surface area contributed by atoms with Gasteiger partial charge in [0.05, 0.1) is 21.5 Å². The molecule has 0 saturated carbocycles. The zero-order chi connectivity index (χ0) is 23.6. The Balaban J connectivity index is 1.48. The highest BCUT2D eigenvalue weighted by Gasteiger charge is 2.28. The molecule has 0 bridgehead atoms.